The van der Waals surface area contributed by atoms with Crippen LogP contribution in [0, 0.1) is 20.8 Å². The van der Waals surface area contributed by atoms with Gasteiger partial charge in [-0.05, 0) is 87.2 Å². The fourth-order valence-electron chi connectivity index (χ4n) is 4.50. The summed E-state index contributed by atoms with van der Waals surface area (Å²) in [6.45, 7) is 9.04. The van der Waals surface area contributed by atoms with Gasteiger partial charge in [0.05, 0.1) is 10.6 Å². The lowest BCUT2D eigenvalue weighted by atomic mass is 10.1. The number of sulfonamides is 1. The van der Waals surface area contributed by atoms with Gasteiger partial charge < -0.3 is 5.32 Å². The van der Waals surface area contributed by atoms with Crippen LogP contribution in [-0.2, 0) is 23.1 Å². The Kier molecular flexibility index (Phi) is 7.57. The van der Waals surface area contributed by atoms with Gasteiger partial charge >= 0.3 is 0 Å². The molecule has 1 fully saturated rings. The van der Waals surface area contributed by atoms with Crippen molar-refractivity contribution in [3.05, 3.63) is 94.0 Å². The normalized spacial score (nSPS) is 14.1. The minimum Gasteiger partial charge on any atom is -0.348 e. The second-order valence-electron chi connectivity index (χ2n) is 9.34. The number of likely N-dealkylation sites (tertiary alicyclic amines) is 1. The van der Waals surface area contributed by atoms with Crippen LogP contribution in [0.2, 0.25) is 0 Å². The van der Waals surface area contributed by atoms with E-state index in [1.807, 2.05) is 44.2 Å². The third kappa shape index (κ3) is 6.10. The summed E-state index contributed by atoms with van der Waals surface area (Å²) in [5.74, 6) is -0.302. The molecule has 0 unspecified atom stereocenters. The highest BCUT2D eigenvalue weighted by atomic mass is 32.2. The molecule has 0 aromatic heterocycles. The molecule has 1 saturated heterocycles. The maximum Gasteiger partial charge on any atom is 0.262 e. The van der Waals surface area contributed by atoms with Crippen LogP contribution in [0.4, 0.5) is 5.69 Å². The summed E-state index contributed by atoms with van der Waals surface area (Å²) in [5, 5.41) is 2.97. The van der Waals surface area contributed by atoms with E-state index in [0.29, 0.717) is 23.4 Å². The first-order valence-electron chi connectivity index (χ1n) is 12.0. The summed E-state index contributed by atoms with van der Waals surface area (Å²) >= 11 is 0. The molecule has 35 heavy (non-hydrogen) atoms. The number of carbonyl (C=O) groups excluding carboxylic acids is 1. The minimum absolute atomic E-state index is 0.0968. The first kappa shape index (κ1) is 24.9. The number of aryl methyl sites for hydroxylation is 3. The van der Waals surface area contributed by atoms with Gasteiger partial charge in [0, 0.05) is 18.7 Å². The Morgan fingerprint density at radius 3 is 2.31 bits per heavy atom. The number of rotatable bonds is 8. The lowest BCUT2D eigenvalue weighted by Crippen LogP contribution is -2.25. The maximum atomic E-state index is 13.2. The third-order valence-electron chi connectivity index (χ3n) is 6.52. The molecule has 6 nitrogen and oxygen atoms in total. The zero-order chi connectivity index (χ0) is 25.0. The molecule has 1 aliphatic heterocycles. The van der Waals surface area contributed by atoms with Crippen LogP contribution in [0.1, 0.15) is 51.0 Å². The number of carbonyl (C=O) groups is 1. The molecule has 0 atom stereocenters. The van der Waals surface area contributed by atoms with E-state index >= 15 is 0 Å². The van der Waals surface area contributed by atoms with Gasteiger partial charge in [0.1, 0.15) is 0 Å². The van der Waals surface area contributed by atoms with Gasteiger partial charge in [-0.3, -0.25) is 14.4 Å². The molecule has 184 valence electrons. The van der Waals surface area contributed by atoms with E-state index in [2.05, 4.69) is 21.0 Å². The Morgan fingerprint density at radius 1 is 0.886 bits per heavy atom. The van der Waals surface area contributed by atoms with Crippen molar-refractivity contribution in [2.45, 2.75) is 51.6 Å². The van der Waals surface area contributed by atoms with E-state index < -0.39 is 10.0 Å². The Labute approximate surface area is 208 Å². The molecular formula is C28H33N3O3S. The van der Waals surface area contributed by atoms with Gasteiger partial charge in [0.15, 0.2) is 0 Å². The molecular weight excluding hydrogens is 458 g/mol. The summed E-state index contributed by atoms with van der Waals surface area (Å²) < 4.78 is 29.0. The fourth-order valence-corrected chi connectivity index (χ4v) is 5.90. The van der Waals surface area contributed by atoms with Crippen LogP contribution in [0.25, 0.3) is 0 Å². The quantitative estimate of drug-likeness (QED) is 0.468. The smallest absolute Gasteiger partial charge is 0.262 e. The Morgan fingerprint density at radius 2 is 1.60 bits per heavy atom. The second kappa shape index (κ2) is 10.6. The van der Waals surface area contributed by atoms with Gasteiger partial charge in [-0.1, -0.05) is 48.0 Å². The molecule has 0 aliphatic carbocycles. The predicted molar refractivity (Wildman–Crippen MR) is 140 cm³/mol. The minimum atomic E-state index is -3.86. The molecule has 7 heteroatoms. The summed E-state index contributed by atoms with van der Waals surface area (Å²) in [6.07, 6.45) is 2.46. The number of nitrogens with one attached hydrogen (secondary N) is 2. The molecule has 1 amide bonds. The topological polar surface area (TPSA) is 78.5 Å². The van der Waals surface area contributed by atoms with Crippen molar-refractivity contribution in [2.24, 2.45) is 0 Å². The van der Waals surface area contributed by atoms with Gasteiger partial charge in [0.2, 0.25) is 0 Å². The van der Waals surface area contributed by atoms with Crippen molar-refractivity contribution in [3.8, 4) is 0 Å². The standard InChI is InChI=1S/C28H33N3O3S/c1-20-10-13-26(22(3)16-20)30-35(33,34)27-17-23(12-11-21(27)2)28(32)29-18-24-8-4-5-9-25(24)19-31-14-6-7-15-31/h4-5,8-13,16-17,30H,6-7,14-15,18-19H2,1-3H3,(H,29,32). The molecule has 2 N–H and O–H groups in total. The molecule has 0 radical (unpaired) electrons. The van der Waals surface area contributed by atoms with E-state index in [0.717, 1.165) is 36.3 Å². The second-order valence-corrected chi connectivity index (χ2v) is 11.0. The van der Waals surface area contributed by atoms with E-state index in [4.69, 9.17) is 0 Å². The van der Waals surface area contributed by atoms with E-state index in [9.17, 15) is 13.2 Å². The predicted octanol–water partition coefficient (Wildman–Crippen LogP) is 4.94. The van der Waals surface area contributed by atoms with Gasteiger partial charge in [-0.25, -0.2) is 8.42 Å². The summed E-state index contributed by atoms with van der Waals surface area (Å²) in [7, 11) is -3.86. The van der Waals surface area contributed by atoms with Crippen molar-refractivity contribution < 1.29 is 13.2 Å². The van der Waals surface area contributed by atoms with Gasteiger partial charge in [-0.15, -0.1) is 0 Å². The van der Waals surface area contributed by atoms with E-state index in [-0.39, 0.29) is 10.8 Å². The zero-order valence-electron chi connectivity index (χ0n) is 20.6. The fraction of sp³-hybridized carbons (Fsp3) is 0.321. The number of anilines is 1. The summed E-state index contributed by atoms with van der Waals surface area (Å²) in [6, 6.07) is 18.5. The summed E-state index contributed by atoms with van der Waals surface area (Å²) in [4.78, 5) is 15.5. The van der Waals surface area contributed by atoms with Crippen molar-refractivity contribution in [1.82, 2.24) is 10.2 Å². The molecule has 3 aromatic carbocycles. The molecule has 1 heterocycles. The van der Waals surface area contributed by atoms with Crippen LogP contribution in [0.3, 0.4) is 0 Å². The average molecular weight is 492 g/mol. The SMILES string of the molecule is Cc1ccc(NS(=O)(=O)c2cc(C(=O)NCc3ccccc3CN3CCCC3)ccc2C)c(C)c1. The lowest BCUT2D eigenvalue weighted by Gasteiger charge is -2.18. The molecule has 0 spiro atoms. The average Bonchev–Trinajstić information content (AvgIpc) is 3.33. The van der Waals surface area contributed by atoms with Crippen molar-refractivity contribution in [2.75, 3.05) is 17.8 Å². The largest absolute Gasteiger partial charge is 0.348 e. The maximum absolute atomic E-state index is 13.2. The van der Waals surface area contributed by atoms with Crippen LogP contribution < -0.4 is 10.0 Å². The van der Waals surface area contributed by atoms with Crippen molar-refractivity contribution in [3.63, 3.8) is 0 Å². The molecule has 3 aromatic rings. The molecule has 0 saturated carbocycles. The van der Waals surface area contributed by atoms with Crippen molar-refractivity contribution in [1.29, 1.82) is 0 Å². The molecule has 1 aliphatic rings. The van der Waals surface area contributed by atoms with Gasteiger partial charge in [-0.2, -0.15) is 0 Å². The number of hydrogen-bond donors (Lipinski definition) is 2. The van der Waals surface area contributed by atoms with Crippen LogP contribution in [0.5, 0.6) is 0 Å². The Bertz CT molecular complexity index is 1330. The Balaban J connectivity index is 1.49. The van der Waals surface area contributed by atoms with Crippen molar-refractivity contribution >= 4 is 21.6 Å². The first-order valence-corrected chi connectivity index (χ1v) is 13.5. The van der Waals surface area contributed by atoms with E-state index in [1.165, 1.54) is 24.5 Å². The Hall–Kier alpha value is -3.16. The van der Waals surface area contributed by atoms with Gasteiger partial charge in [0.25, 0.3) is 15.9 Å². The lowest BCUT2D eigenvalue weighted by molar-refractivity contribution is 0.0950. The molecule has 4 rings (SSSR count). The number of benzene rings is 3. The van der Waals surface area contributed by atoms with Crippen LogP contribution in [-0.4, -0.2) is 32.3 Å². The highest BCUT2D eigenvalue weighted by molar-refractivity contribution is 7.92. The number of nitrogens with zero attached hydrogens (tertiary/aromatic N) is 1. The number of amides is 1. The van der Waals surface area contributed by atoms with Crippen LogP contribution >= 0.6 is 0 Å². The molecule has 0 bridgehead atoms. The third-order valence-corrected chi connectivity index (χ3v) is 8.02. The first-order chi connectivity index (χ1) is 16.7. The summed E-state index contributed by atoms with van der Waals surface area (Å²) in [5.41, 5.74) is 5.60. The highest BCUT2D eigenvalue weighted by Crippen LogP contribution is 2.24. The zero-order valence-corrected chi connectivity index (χ0v) is 21.4. The van der Waals surface area contributed by atoms with E-state index in [1.54, 1.807) is 25.1 Å². The highest BCUT2D eigenvalue weighted by Gasteiger charge is 2.20. The van der Waals surface area contributed by atoms with Crippen LogP contribution in [0.15, 0.2) is 65.6 Å². The number of hydrogen-bond acceptors (Lipinski definition) is 4. The monoisotopic (exact) mass is 491 g/mol.